The van der Waals surface area contributed by atoms with Gasteiger partial charge in [-0.25, -0.2) is 8.78 Å². The monoisotopic (exact) mass is 238 g/mol. The summed E-state index contributed by atoms with van der Waals surface area (Å²) in [5.41, 5.74) is 4.88. The number of hydrogen-bond donors (Lipinski definition) is 2. The fraction of sp³-hybridized carbons (Fsp3) is 0.100. The van der Waals surface area contributed by atoms with Gasteiger partial charge < -0.3 is 5.73 Å². The van der Waals surface area contributed by atoms with E-state index in [0.29, 0.717) is 0 Å². The molecule has 2 aromatic rings. The molecule has 0 radical (unpaired) electrons. The summed E-state index contributed by atoms with van der Waals surface area (Å²) in [7, 11) is 0. The van der Waals surface area contributed by atoms with Gasteiger partial charge in [0.2, 0.25) is 0 Å². The molecule has 0 unspecified atom stereocenters. The lowest BCUT2D eigenvalue weighted by Gasteiger charge is -2.06. The van der Waals surface area contributed by atoms with E-state index >= 15 is 0 Å². The molecule has 5 nitrogen and oxygen atoms in total. The predicted molar refractivity (Wildman–Crippen MR) is 55.3 cm³/mol. The Morgan fingerprint density at radius 2 is 2.00 bits per heavy atom. The summed E-state index contributed by atoms with van der Waals surface area (Å²) >= 11 is 0. The molecule has 1 amide bonds. The molecule has 0 spiro atoms. The van der Waals surface area contributed by atoms with Crippen LogP contribution in [-0.4, -0.2) is 21.3 Å². The first-order valence-corrected chi connectivity index (χ1v) is 4.69. The van der Waals surface area contributed by atoms with Crippen LogP contribution in [0.4, 0.5) is 8.78 Å². The highest BCUT2D eigenvalue weighted by molar-refractivity contribution is 5.97. The SMILES string of the molecule is NC(=O)c1n[nH]nc1-c1ccccc1C(F)F. The highest BCUT2D eigenvalue weighted by Crippen LogP contribution is 2.30. The van der Waals surface area contributed by atoms with E-state index in [2.05, 4.69) is 15.4 Å². The van der Waals surface area contributed by atoms with Gasteiger partial charge in [-0.3, -0.25) is 4.79 Å². The van der Waals surface area contributed by atoms with Gasteiger partial charge in [-0.05, 0) is 0 Å². The van der Waals surface area contributed by atoms with E-state index < -0.39 is 12.3 Å². The van der Waals surface area contributed by atoms with Gasteiger partial charge in [0.05, 0.1) is 0 Å². The number of nitrogens with one attached hydrogen (secondary N) is 1. The molecule has 1 heterocycles. The van der Waals surface area contributed by atoms with Crippen molar-refractivity contribution in [2.45, 2.75) is 6.43 Å². The molecule has 88 valence electrons. The van der Waals surface area contributed by atoms with Crippen LogP contribution in [0.1, 0.15) is 22.5 Å². The van der Waals surface area contributed by atoms with E-state index in [1.54, 1.807) is 6.07 Å². The molecular weight excluding hydrogens is 230 g/mol. The number of alkyl halides is 2. The number of carbonyl (C=O) groups excluding carboxylic acids is 1. The van der Waals surface area contributed by atoms with Crippen molar-refractivity contribution in [3.63, 3.8) is 0 Å². The molecule has 0 atom stereocenters. The van der Waals surface area contributed by atoms with E-state index in [-0.39, 0.29) is 22.5 Å². The third-order valence-electron chi connectivity index (χ3n) is 2.23. The Labute approximate surface area is 94.6 Å². The van der Waals surface area contributed by atoms with E-state index in [9.17, 15) is 13.6 Å². The number of hydrogen-bond acceptors (Lipinski definition) is 3. The van der Waals surface area contributed by atoms with Crippen LogP contribution in [0.15, 0.2) is 24.3 Å². The summed E-state index contributed by atoms with van der Waals surface area (Å²) in [5.74, 6) is -0.821. The van der Waals surface area contributed by atoms with Gasteiger partial charge in [0, 0.05) is 11.1 Å². The molecular formula is C10H8F2N4O. The number of nitrogens with zero attached hydrogens (tertiary/aromatic N) is 2. The van der Waals surface area contributed by atoms with Gasteiger partial charge in [0.25, 0.3) is 12.3 Å². The first-order chi connectivity index (χ1) is 8.11. The van der Waals surface area contributed by atoms with Gasteiger partial charge in [-0.2, -0.15) is 15.4 Å². The number of rotatable bonds is 3. The fourth-order valence-corrected chi connectivity index (χ4v) is 1.49. The van der Waals surface area contributed by atoms with Crippen molar-refractivity contribution in [1.82, 2.24) is 15.4 Å². The summed E-state index contributed by atoms with van der Waals surface area (Å²) in [6.45, 7) is 0. The maximum absolute atomic E-state index is 12.8. The average molecular weight is 238 g/mol. The zero-order valence-electron chi connectivity index (χ0n) is 8.52. The van der Waals surface area contributed by atoms with E-state index in [0.717, 1.165) is 0 Å². The number of aromatic amines is 1. The molecule has 0 bridgehead atoms. The number of carbonyl (C=O) groups is 1. The van der Waals surface area contributed by atoms with Gasteiger partial charge in [-0.1, -0.05) is 24.3 Å². The lowest BCUT2D eigenvalue weighted by atomic mass is 10.0. The average Bonchev–Trinajstić information content (AvgIpc) is 2.77. The van der Waals surface area contributed by atoms with Crippen molar-refractivity contribution in [3.05, 3.63) is 35.5 Å². The molecule has 17 heavy (non-hydrogen) atoms. The predicted octanol–water partition coefficient (Wildman–Crippen LogP) is 1.51. The molecule has 1 aromatic carbocycles. The standard InChI is InChI=1S/C10H8F2N4O/c11-9(12)6-4-2-1-3-5(6)7-8(10(13)17)15-16-14-7/h1-4,9H,(H2,13,17)(H,14,15,16). The summed E-state index contributed by atoms with van der Waals surface area (Å²) in [6, 6.07) is 5.75. The largest absolute Gasteiger partial charge is 0.364 e. The number of primary amides is 1. The van der Waals surface area contributed by atoms with Crippen LogP contribution in [-0.2, 0) is 0 Å². The van der Waals surface area contributed by atoms with E-state index in [4.69, 9.17) is 5.73 Å². The first kappa shape index (κ1) is 11.2. The minimum absolute atomic E-state index is 0.0356. The Kier molecular flexibility index (Phi) is 2.82. The van der Waals surface area contributed by atoms with Gasteiger partial charge in [-0.15, -0.1) is 0 Å². The maximum atomic E-state index is 12.8. The zero-order valence-corrected chi connectivity index (χ0v) is 8.52. The molecule has 0 aliphatic carbocycles. The van der Waals surface area contributed by atoms with Crippen molar-refractivity contribution in [1.29, 1.82) is 0 Å². The van der Waals surface area contributed by atoms with Crippen LogP contribution in [0.3, 0.4) is 0 Å². The first-order valence-electron chi connectivity index (χ1n) is 4.69. The maximum Gasteiger partial charge on any atom is 0.271 e. The van der Waals surface area contributed by atoms with Gasteiger partial charge in [0.15, 0.2) is 5.69 Å². The summed E-state index contributed by atoms with van der Waals surface area (Å²) in [5, 5.41) is 9.42. The minimum atomic E-state index is -2.66. The topological polar surface area (TPSA) is 84.7 Å². The number of benzene rings is 1. The molecule has 1 aromatic heterocycles. The number of halogens is 2. The van der Waals surface area contributed by atoms with Crippen LogP contribution in [0.25, 0.3) is 11.3 Å². The smallest absolute Gasteiger partial charge is 0.271 e. The summed E-state index contributed by atoms with van der Waals surface area (Å²) in [6.07, 6.45) is -2.66. The molecule has 2 rings (SSSR count). The van der Waals surface area contributed by atoms with Crippen LogP contribution < -0.4 is 5.73 Å². The molecule has 0 aliphatic heterocycles. The Hall–Kier alpha value is -2.31. The third kappa shape index (κ3) is 1.99. The van der Waals surface area contributed by atoms with E-state index in [1.807, 2.05) is 0 Å². The Morgan fingerprint density at radius 3 is 2.65 bits per heavy atom. The molecule has 0 aliphatic rings. The normalized spacial score (nSPS) is 10.8. The lowest BCUT2D eigenvalue weighted by Crippen LogP contribution is -2.13. The third-order valence-corrected chi connectivity index (χ3v) is 2.23. The second kappa shape index (κ2) is 4.28. The second-order valence-electron chi connectivity index (χ2n) is 3.27. The number of aromatic nitrogens is 3. The van der Waals surface area contributed by atoms with Gasteiger partial charge >= 0.3 is 0 Å². The van der Waals surface area contributed by atoms with Crippen molar-refractivity contribution < 1.29 is 13.6 Å². The van der Waals surface area contributed by atoms with Crippen molar-refractivity contribution in [2.75, 3.05) is 0 Å². The molecule has 0 saturated carbocycles. The van der Waals surface area contributed by atoms with Crippen LogP contribution >= 0.6 is 0 Å². The summed E-state index contributed by atoms with van der Waals surface area (Å²) in [4.78, 5) is 11.0. The Balaban J connectivity index is 2.60. The number of nitrogens with two attached hydrogens (primary N) is 1. The van der Waals surface area contributed by atoms with Crippen molar-refractivity contribution >= 4 is 5.91 Å². The molecule has 0 fully saturated rings. The molecule has 3 N–H and O–H groups in total. The number of H-pyrrole nitrogens is 1. The Bertz CT molecular complexity index is 553. The highest BCUT2D eigenvalue weighted by atomic mass is 19.3. The van der Waals surface area contributed by atoms with Gasteiger partial charge in [0.1, 0.15) is 5.69 Å². The van der Waals surface area contributed by atoms with Crippen molar-refractivity contribution in [2.24, 2.45) is 5.73 Å². The minimum Gasteiger partial charge on any atom is -0.364 e. The zero-order chi connectivity index (χ0) is 12.4. The Morgan fingerprint density at radius 1 is 1.29 bits per heavy atom. The van der Waals surface area contributed by atoms with E-state index in [1.165, 1.54) is 18.2 Å². The van der Waals surface area contributed by atoms with Crippen LogP contribution in [0, 0.1) is 0 Å². The van der Waals surface area contributed by atoms with Crippen LogP contribution in [0.2, 0.25) is 0 Å². The second-order valence-corrected chi connectivity index (χ2v) is 3.27. The lowest BCUT2D eigenvalue weighted by molar-refractivity contribution is 0.0996. The van der Waals surface area contributed by atoms with Crippen LogP contribution in [0.5, 0.6) is 0 Å². The summed E-state index contributed by atoms with van der Waals surface area (Å²) < 4.78 is 25.6. The highest BCUT2D eigenvalue weighted by Gasteiger charge is 2.20. The molecule has 7 heteroatoms. The quantitative estimate of drug-likeness (QED) is 0.849. The molecule has 0 saturated heterocycles. The fourth-order valence-electron chi connectivity index (χ4n) is 1.49. The van der Waals surface area contributed by atoms with Crippen molar-refractivity contribution in [3.8, 4) is 11.3 Å². The number of amides is 1.